The smallest absolute Gasteiger partial charge is 0.223 e. The molecule has 2 N–H and O–H groups in total. The van der Waals surface area contributed by atoms with Gasteiger partial charge in [0, 0.05) is 18.8 Å². The first-order valence-corrected chi connectivity index (χ1v) is 8.39. The molecular formula is C14H20N4OS2. The third kappa shape index (κ3) is 4.50. The lowest BCUT2D eigenvalue weighted by Crippen LogP contribution is -2.18. The number of rotatable bonds is 4. The fraction of sp³-hybridized carbons (Fsp3) is 0.500. The quantitative estimate of drug-likeness (QED) is 0.892. The van der Waals surface area contributed by atoms with Crippen LogP contribution < -0.4 is 10.6 Å². The highest BCUT2D eigenvalue weighted by atomic mass is 32.1. The van der Waals surface area contributed by atoms with Gasteiger partial charge >= 0.3 is 0 Å². The maximum atomic E-state index is 11.1. The molecule has 1 amide bonds. The zero-order valence-corrected chi connectivity index (χ0v) is 14.5. The Hall–Kier alpha value is -1.47. The molecule has 2 rings (SSSR count). The monoisotopic (exact) mass is 324 g/mol. The Morgan fingerprint density at radius 1 is 1.29 bits per heavy atom. The maximum absolute atomic E-state index is 11.1. The van der Waals surface area contributed by atoms with E-state index >= 15 is 0 Å². The van der Waals surface area contributed by atoms with Crippen LogP contribution >= 0.6 is 22.7 Å². The van der Waals surface area contributed by atoms with Gasteiger partial charge in [-0.25, -0.2) is 9.97 Å². The van der Waals surface area contributed by atoms with Crippen LogP contribution in [0.3, 0.4) is 0 Å². The Morgan fingerprint density at radius 2 is 2.00 bits per heavy atom. The number of aryl methyl sites for hydroxylation is 1. The number of amides is 1. The lowest BCUT2D eigenvalue weighted by molar-refractivity contribution is -0.114. The number of carbonyl (C=O) groups is 1. The van der Waals surface area contributed by atoms with E-state index in [1.165, 1.54) is 18.3 Å². The standard InChI is InChI=1S/C14H20N4OS2/c1-8-11(21-13(16-8)17-9(2)19)10-6-20-12(18-10)15-7-14(3,4)5/h6H,7H2,1-5H3,(H,15,18)(H,16,17,19). The molecule has 0 atom stereocenters. The molecule has 0 aliphatic rings. The maximum Gasteiger partial charge on any atom is 0.223 e. The van der Waals surface area contributed by atoms with Crippen molar-refractivity contribution in [3.8, 4) is 10.6 Å². The highest BCUT2D eigenvalue weighted by molar-refractivity contribution is 7.19. The highest BCUT2D eigenvalue weighted by Gasteiger charge is 2.15. The molecular weight excluding hydrogens is 304 g/mol. The van der Waals surface area contributed by atoms with Gasteiger partial charge in [-0.05, 0) is 12.3 Å². The Morgan fingerprint density at radius 3 is 2.62 bits per heavy atom. The molecule has 0 fully saturated rings. The van der Waals surface area contributed by atoms with Crippen molar-refractivity contribution in [2.24, 2.45) is 5.41 Å². The van der Waals surface area contributed by atoms with Gasteiger partial charge in [-0.3, -0.25) is 4.79 Å². The van der Waals surface area contributed by atoms with Crippen LogP contribution in [0, 0.1) is 12.3 Å². The van der Waals surface area contributed by atoms with Crippen molar-refractivity contribution in [3.63, 3.8) is 0 Å². The van der Waals surface area contributed by atoms with Crippen LogP contribution in [-0.4, -0.2) is 22.4 Å². The second kappa shape index (κ2) is 6.11. The van der Waals surface area contributed by atoms with E-state index in [0.29, 0.717) is 5.13 Å². The number of nitrogens with zero attached hydrogens (tertiary/aromatic N) is 2. The van der Waals surface area contributed by atoms with Gasteiger partial charge in [0.15, 0.2) is 10.3 Å². The van der Waals surface area contributed by atoms with E-state index in [1.807, 2.05) is 12.3 Å². The van der Waals surface area contributed by atoms with Crippen molar-refractivity contribution in [3.05, 3.63) is 11.1 Å². The Kier molecular flexibility index (Phi) is 4.63. The van der Waals surface area contributed by atoms with Gasteiger partial charge in [-0.1, -0.05) is 32.1 Å². The van der Waals surface area contributed by atoms with E-state index in [-0.39, 0.29) is 11.3 Å². The Bertz CT molecular complexity index is 640. The van der Waals surface area contributed by atoms with Crippen LogP contribution in [0.2, 0.25) is 0 Å². The van der Waals surface area contributed by atoms with E-state index in [4.69, 9.17) is 0 Å². The number of anilines is 2. The van der Waals surface area contributed by atoms with Gasteiger partial charge in [-0.15, -0.1) is 11.3 Å². The second-order valence-electron chi connectivity index (χ2n) is 6.07. The van der Waals surface area contributed by atoms with E-state index in [2.05, 4.69) is 41.4 Å². The molecule has 2 aromatic rings. The molecule has 0 radical (unpaired) electrons. The van der Waals surface area contributed by atoms with Crippen molar-refractivity contribution < 1.29 is 4.79 Å². The van der Waals surface area contributed by atoms with E-state index in [0.717, 1.165) is 27.9 Å². The molecule has 0 aliphatic heterocycles. The molecule has 0 saturated heterocycles. The van der Waals surface area contributed by atoms with Gasteiger partial charge < -0.3 is 10.6 Å². The average Bonchev–Trinajstić information content (AvgIpc) is 2.91. The summed E-state index contributed by atoms with van der Waals surface area (Å²) in [5.74, 6) is -0.110. The molecule has 0 unspecified atom stereocenters. The summed E-state index contributed by atoms with van der Waals surface area (Å²) in [6.45, 7) is 10.8. The van der Waals surface area contributed by atoms with Gasteiger partial charge in [0.1, 0.15) is 0 Å². The summed E-state index contributed by atoms with van der Waals surface area (Å²) in [6, 6.07) is 0. The average molecular weight is 324 g/mol. The van der Waals surface area contributed by atoms with Crippen molar-refractivity contribution in [2.45, 2.75) is 34.6 Å². The van der Waals surface area contributed by atoms with Crippen LogP contribution in [-0.2, 0) is 4.79 Å². The van der Waals surface area contributed by atoms with Crippen molar-refractivity contribution >= 4 is 38.8 Å². The Balaban J connectivity index is 2.14. The summed E-state index contributed by atoms with van der Waals surface area (Å²) >= 11 is 3.04. The molecule has 114 valence electrons. The number of hydrogen-bond donors (Lipinski definition) is 2. The van der Waals surface area contributed by atoms with E-state index in [1.54, 1.807) is 11.3 Å². The van der Waals surface area contributed by atoms with Gasteiger partial charge in [0.25, 0.3) is 0 Å². The van der Waals surface area contributed by atoms with Crippen LogP contribution in [0.15, 0.2) is 5.38 Å². The summed E-state index contributed by atoms with van der Waals surface area (Å²) in [5, 5.41) is 9.62. The SMILES string of the molecule is CC(=O)Nc1nc(C)c(-c2csc(NCC(C)(C)C)n2)s1. The number of aromatic nitrogens is 2. The number of nitrogens with one attached hydrogen (secondary N) is 2. The van der Waals surface area contributed by atoms with Crippen LogP contribution in [0.1, 0.15) is 33.4 Å². The normalized spacial score (nSPS) is 11.5. The van der Waals surface area contributed by atoms with Gasteiger partial charge in [0.2, 0.25) is 5.91 Å². The number of thiazole rings is 2. The molecule has 2 heterocycles. The first-order valence-electron chi connectivity index (χ1n) is 6.69. The summed E-state index contributed by atoms with van der Waals surface area (Å²) < 4.78 is 0. The first kappa shape index (κ1) is 15.9. The van der Waals surface area contributed by atoms with E-state index in [9.17, 15) is 4.79 Å². The molecule has 2 aromatic heterocycles. The summed E-state index contributed by atoms with van der Waals surface area (Å²) in [6.07, 6.45) is 0. The van der Waals surface area contributed by atoms with Crippen molar-refractivity contribution in [2.75, 3.05) is 17.2 Å². The minimum Gasteiger partial charge on any atom is -0.361 e. The minimum absolute atomic E-state index is 0.110. The molecule has 0 aromatic carbocycles. The number of carbonyl (C=O) groups excluding carboxylic acids is 1. The lowest BCUT2D eigenvalue weighted by Gasteiger charge is -2.17. The van der Waals surface area contributed by atoms with Gasteiger partial charge in [0.05, 0.1) is 16.3 Å². The third-order valence-corrected chi connectivity index (χ3v) is 4.48. The molecule has 0 bridgehead atoms. The van der Waals surface area contributed by atoms with Crippen LogP contribution in [0.25, 0.3) is 10.6 Å². The zero-order valence-electron chi connectivity index (χ0n) is 12.9. The Labute approximate surface area is 132 Å². The van der Waals surface area contributed by atoms with Crippen molar-refractivity contribution in [1.82, 2.24) is 9.97 Å². The van der Waals surface area contributed by atoms with Crippen LogP contribution in [0.4, 0.5) is 10.3 Å². The summed E-state index contributed by atoms with van der Waals surface area (Å²) in [5.41, 5.74) is 2.00. The lowest BCUT2D eigenvalue weighted by atomic mass is 9.97. The van der Waals surface area contributed by atoms with E-state index < -0.39 is 0 Å². The predicted molar refractivity (Wildman–Crippen MR) is 90.2 cm³/mol. The summed E-state index contributed by atoms with van der Waals surface area (Å²) in [4.78, 5) is 21.0. The largest absolute Gasteiger partial charge is 0.361 e. The molecule has 5 nitrogen and oxygen atoms in total. The second-order valence-corrected chi connectivity index (χ2v) is 7.92. The van der Waals surface area contributed by atoms with Gasteiger partial charge in [-0.2, -0.15) is 0 Å². The molecule has 21 heavy (non-hydrogen) atoms. The molecule has 0 spiro atoms. The van der Waals surface area contributed by atoms with Crippen LogP contribution in [0.5, 0.6) is 0 Å². The highest BCUT2D eigenvalue weighted by Crippen LogP contribution is 2.34. The molecule has 0 aliphatic carbocycles. The minimum atomic E-state index is -0.110. The zero-order chi connectivity index (χ0) is 15.6. The molecule has 7 heteroatoms. The fourth-order valence-corrected chi connectivity index (χ4v) is 3.39. The first-order chi connectivity index (χ1) is 9.74. The topological polar surface area (TPSA) is 66.9 Å². The third-order valence-electron chi connectivity index (χ3n) is 2.59. The predicted octanol–water partition coefficient (Wildman–Crippen LogP) is 3.99. The number of hydrogen-bond acceptors (Lipinski definition) is 6. The fourth-order valence-electron chi connectivity index (χ4n) is 1.64. The van der Waals surface area contributed by atoms with Crippen molar-refractivity contribution in [1.29, 1.82) is 0 Å². The molecule has 0 saturated carbocycles. The summed E-state index contributed by atoms with van der Waals surface area (Å²) in [7, 11) is 0.